The molecule has 0 unspecified atom stereocenters. The molecule has 8 heteroatoms. The van der Waals surface area contributed by atoms with Gasteiger partial charge in [0.25, 0.3) is 5.69 Å². The van der Waals surface area contributed by atoms with E-state index in [1.54, 1.807) is 18.2 Å². The number of para-hydroxylation sites is 3. The Morgan fingerprint density at radius 1 is 1.10 bits per heavy atom. The number of amides is 2. The van der Waals surface area contributed by atoms with Crippen molar-refractivity contribution in [1.82, 2.24) is 5.32 Å². The number of nitro groups is 1. The van der Waals surface area contributed by atoms with Crippen LogP contribution in [0.25, 0.3) is 0 Å². The number of benzene rings is 2. The molecular formula is C22H26N4O4. The van der Waals surface area contributed by atoms with Crippen molar-refractivity contribution in [3.05, 3.63) is 64.2 Å². The highest BCUT2D eigenvalue weighted by atomic mass is 16.6. The number of anilines is 2. The standard InChI is InChI=1S/C22H26N4O4/c1-2-16-7-3-4-8-18(16)24-21(27)15-23-22(28)17-11-13-25(14-12-17)19-9-5-6-10-20(19)26(29)30/h3-10,17H,2,11-15H2,1H3,(H,23,28)(H,24,27). The molecule has 8 nitrogen and oxygen atoms in total. The summed E-state index contributed by atoms with van der Waals surface area (Å²) in [6.07, 6.45) is 1.97. The first kappa shape index (κ1) is 21.3. The van der Waals surface area contributed by atoms with E-state index in [-0.39, 0.29) is 34.9 Å². The van der Waals surface area contributed by atoms with E-state index in [0.717, 1.165) is 17.7 Å². The molecule has 0 saturated carbocycles. The van der Waals surface area contributed by atoms with Crippen molar-refractivity contribution >= 4 is 28.9 Å². The Kier molecular flexibility index (Phi) is 7.00. The van der Waals surface area contributed by atoms with Crippen molar-refractivity contribution in [2.45, 2.75) is 26.2 Å². The van der Waals surface area contributed by atoms with Gasteiger partial charge < -0.3 is 15.5 Å². The number of hydrogen-bond donors (Lipinski definition) is 2. The van der Waals surface area contributed by atoms with Crippen LogP contribution in [0.15, 0.2) is 48.5 Å². The van der Waals surface area contributed by atoms with Crippen LogP contribution in [-0.4, -0.2) is 36.4 Å². The molecule has 0 aromatic heterocycles. The summed E-state index contributed by atoms with van der Waals surface area (Å²) in [5.74, 6) is -0.627. The molecule has 0 aliphatic carbocycles. The zero-order chi connectivity index (χ0) is 21.5. The average Bonchev–Trinajstić information content (AvgIpc) is 2.78. The highest BCUT2D eigenvalue weighted by Gasteiger charge is 2.28. The van der Waals surface area contributed by atoms with E-state index in [9.17, 15) is 19.7 Å². The van der Waals surface area contributed by atoms with Crippen molar-refractivity contribution in [3.63, 3.8) is 0 Å². The van der Waals surface area contributed by atoms with Crippen LogP contribution in [-0.2, 0) is 16.0 Å². The number of carbonyl (C=O) groups is 2. The molecule has 1 aliphatic rings. The fourth-order valence-electron chi connectivity index (χ4n) is 3.73. The summed E-state index contributed by atoms with van der Waals surface area (Å²) in [5, 5.41) is 16.8. The molecule has 2 amide bonds. The molecule has 1 aliphatic heterocycles. The number of nitrogens with one attached hydrogen (secondary N) is 2. The summed E-state index contributed by atoms with van der Waals surface area (Å²) in [6.45, 7) is 3.04. The normalized spacial score (nSPS) is 14.2. The smallest absolute Gasteiger partial charge is 0.292 e. The average molecular weight is 410 g/mol. The van der Waals surface area contributed by atoms with Crippen LogP contribution in [0.4, 0.5) is 17.1 Å². The Balaban J connectivity index is 1.49. The molecule has 0 spiro atoms. The van der Waals surface area contributed by atoms with Crippen LogP contribution in [0.2, 0.25) is 0 Å². The molecule has 3 rings (SSSR count). The van der Waals surface area contributed by atoms with Gasteiger partial charge >= 0.3 is 0 Å². The first-order valence-corrected chi connectivity index (χ1v) is 10.1. The topological polar surface area (TPSA) is 105 Å². The number of aryl methyl sites for hydroxylation is 1. The highest BCUT2D eigenvalue weighted by molar-refractivity contribution is 5.95. The molecule has 1 saturated heterocycles. The van der Waals surface area contributed by atoms with E-state index in [1.165, 1.54) is 6.07 Å². The molecule has 0 radical (unpaired) electrons. The van der Waals surface area contributed by atoms with Crippen LogP contribution in [0.5, 0.6) is 0 Å². The zero-order valence-corrected chi connectivity index (χ0v) is 17.0. The Morgan fingerprint density at radius 2 is 1.77 bits per heavy atom. The van der Waals surface area contributed by atoms with Gasteiger partial charge in [0.05, 0.1) is 11.5 Å². The van der Waals surface area contributed by atoms with Crippen LogP contribution in [0.1, 0.15) is 25.3 Å². The van der Waals surface area contributed by atoms with E-state index in [4.69, 9.17) is 0 Å². The van der Waals surface area contributed by atoms with Gasteiger partial charge in [0.15, 0.2) is 0 Å². The molecule has 2 N–H and O–H groups in total. The van der Waals surface area contributed by atoms with Gasteiger partial charge in [-0.15, -0.1) is 0 Å². The van der Waals surface area contributed by atoms with Crippen LogP contribution < -0.4 is 15.5 Å². The van der Waals surface area contributed by atoms with E-state index in [1.807, 2.05) is 36.1 Å². The number of hydrogen-bond acceptors (Lipinski definition) is 5. The number of rotatable bonds is 7. The second-order valence-corrected chi connectivity index (χ2v) is 7.28. The summed E-state index contributed by atoms with van der Waals surface area (Å²) in [5.41, 5.74) is 2.45. The van der Waals surface area contributed by atoms with Crippen LogP contribution in [0.3, 0.4) is 0 Å². The predicted molar refractivity (Wildman–Crippen MR) is 115 cm³/mol. The highest BCUT2D eigenvalue weighted by Crippen LogP contribution is 2.31. The SMILES string of the molecule is CCc1ccccc1NC(=O)CNC(=O)C1CCN(c2ccccc2[N+](=O)[O-])CC1. The van der Waals surface area contributed by atoms with Gasteiger partial charge in [0, 0.05) is 30.8 Å². The first-order chi connectivity index (χ1) is 14.5. The van der Waals surface area contributed by atoms with Gasteiger partial charge in [-0.2, -0.15) is 0 Å². The fourth-order valence-corrected chi connectivity index (χ4v) is 3.73. The largest absolute Gasteiger partial charge is 0.366 e. The second kappa shape index (κ2) is 9.87. The maximum Gasteiger partial charge on any atom is 0.292 e. The third-order valence-corrected chi connectivity index (χ3v) is 5.38. The molecule has 1 heterocycles. The Morgan fingerprint density at radius 3 is 2.47 bits per heavy atom. The Labute approximate surface area is 175 Å². The van der Waals surface area contributed by atoms with E-state index in [0.29, 0.717) is 31.6 Å². The molecule has 0 atom stereocenters. The fraction of sp³-hybridized carbons (Fsp3) is 0.364. The van der Waals surface area contributed by atoms with Crippen molar-refractivity contribution in [2.24, 2.45) is 5.92 Å². The van der Waals surface area contributed by atoms with Crippen molar-refractivity contribution in [2.75, 3.05) is 29.9 Å². The maximum atomic E-state index is 12.5. The lowest BCUT2D eigenvalue weighted by molar-refractivity contribution is -0.384. The van der Waals surface area contributed by atoms with Gasteiger partial charge in [-0.1, -0.05) is 37.3 Å². The minimum Gasteiger partial charge on any atom is -0.366 e. The van der Waals surface area contributed by atoms with E-state index in [2.05, 4.69) is 10.6 Å². The Hall–Kier alpha value is -3.42. The van der Waals surface area contributed by atoms with Crippen molar-refractivity contribution < 1.29 is 14.5 Å². The summed E-state index contributed by atoms with van der Waals surface area (Å²) in [4.78, 5) is 37.5. The molecule has 0 bridgehead atoms. The summed E-state index contributed by atoms with van der Waals surface area (Å²) in [7, 11) is 0. The van der Waals surface area contributed by atoms with Gasteiger partial charge in [-0.05, 0) is 37.0 Å². The van der Waals surface area contributed by atoms with Crippen LogP contribution >= 0.6 is 0 Å². The zero-order valence-electron chi connectivity index (χ0n) is 17.0. The van der Waals surface area contributed by atoms with Gasteiger partial charge in [-0.3, -0.25) is 19.7 Å². The van der Waals surface area contributed by atoms with E-state index >= 15 is 0 Å². The summed E-state index contributed by atoms with van der Waals surface area (Å²) >= 11 is 0. The third-order valence-electron chi connectivity index (χ3n) is 5.38. The predicted octanol–water partition coefficient (Wildman–Crippen LogP) is 3.13. The summed E-state index contributed by atoms with van der Waals surface area (Å²) in [6, 6.07) is 14.2. The molecule has 2 aromatic rings. The van der Waals surface area contributed by atoms with Crippen LogP contribution in [0, 0.1) is 16.0 Å². The molecule has 1 fully saturated rings. The minimum absolute atomic E-state index is 0.0735. The van der Waals surface area contributed by atoms with Crippen molar-refractivity contribution in [1.29, 1.82) is 0 Å². The number of nitrogens with zero attached hydrogens (tertiary/aromatic N) is 2. The Bertz CT molecular complexity index is 923. The molecule has 30 heavy (non-hydrogen) atoms. The number of piperidine rings is 1. The number of carbonyl (C=O) groups excluding carboxylic acids is 2. The molecular weight excluding hydrogens is 384 g/mol. The lowest BCUT2D eigenvalue weighted by atomic mass is 9.95. The van der Waals surface area contributed by atoms with Gasteiger partial charge in [-0.25, -0.2) is 0 Å². The number of nitro benzene ring substituents is 1. The molecule has 158 valence electrons. The molecule has 2 aromatic carbocycles. The summed E-state index contributed by atoms with van der Waals surface area (Å²) < 4.78 is 0. The van der Waals surface area contributed by atoms with E-state index < -0.39 is 0 Å². The van der Waals surface area contributed by atoms with Crippen molar-refractivity contribution in [3.8, 4) is 0 Å². The van der Waals surface area contributed by atoms with Gasteiger partial charge in [0.1, 0.15) is 5.69 Å². The third kappa shape index (κ3) is 5.14. The van der Waals surface area contributed by atoms with Gasteiger partial charge in [0.2, 0.25) is 11.8 Å². The second-order valence-electron chi connectivity index (χ2n) is 7.28. The monoisotopic (exact) mass is 410 g/mol. The minimum atomic E-state index is -0.385. The first-order valence-electron chi connectivity index (χ1n) is 10.1. The lowest BCUT2D eigenvalue weighted by Gasteiger charge is -2.32. The lowest BCUT2D eigenvalue weighted by Crippen LogP contribution is -2.42. The quantitative estimate of drug-likeness (QED) is 0.539. The maximum absolute atomic E-state index is 12.5.